The number of benzene rings is 2. The van der Waals surface area contributed by atoms with Crippen molar-refractivity contribution in [2.75, 3.05) is 0 Å². The zero-order chi connectivity index (χ0) is 25.1. The molecule has 1 saturated carbocycles. The molecule has 1 aliphatic rings. The first-order valence-electron chi connectivity index (χ1n) is 12.5. The number of nitrogens with zero attached hydrogens (tertiary/aromatic N) is 2. The molecule has 1 fully saturated rings. The van der Waals surface area contributed by atoms with Gasteiger partial charge in [-0.2, -0.15) is 0 Å². The molecule has 2 aromatic heterocycles. The number of pyridine rings is 1. The zero-order valence-electron chi connectivity index (χ0n) is 20.4. The summed E-state index contributed by atoms with van der Waals surface area (Å²) in [5, 5.41) is 9.24. The molecule has 0 bridgehead atoms. The number of aliphatic carboxylic acids is 1. The summed E-state index contributed by atoms with van der Waals surface area (Å²) in [6.07, 6.45) is 6.23. The molecule has 0 radical (unpaired) electrons. The van der Waals surface area contributed by atoms with Crippen LogP contribution in [0.15, 0.2) is 59.1 Å². The van der Waals surface area contributed by atoms with E-state index in [2.05, 4.69) is 18.0 Å². The number of rotatable bonds is 8. The topological polar surface area (TPSA) is 111 Å². The first-order valence-corrected chi connectivity index (χ1v) is 12.5. The molecule has 2 heterocycles. The monoisotopic (exact) mass is 485 g/mol. The molecule has 0 unspecified atom stereocenters. The number of carboxylic acid groups (broad SMARTS) is 1. The van der Waals surface area contributed by atoms with E-state index >= 15 is 0 Å². The predicted molar refractivity (Wildman–Crippen MR) is 138 cm³/mol. The summed E-state index contributed by atoms with van der Waals surface area (Å²) < 4.78 is 12.5. The number of carbonyl (C=O) groups is 1. The Kier molecular flexibility index (Phi) is 7.00. The number of para-hydroxylation sites is 1. The van der Waals surface area contributed by atoms with Gasteiger partial charge in [0.25, 0.3) is 0 Å². The van der Waals surface area contributed by atoms with E-state index in [1.165, 1.54) is 12.8 Å². The molecule has 0 aliphatic heterocycles. The number of carboxylic acids is 1. The lowest BCUT2D eigenvalue weighted by Gasteiger charge is -2.23. The molecule has 0 atom stereocenters. The van der Waals surface area contributed by atoms with E-state index in [0.29, 0.717) is 23.8 Å². The normalized spacial score (nSPS) is 17.8. The summed E-state index contributed by atoms with van der Waals surface area (Å²) in [4.78, 5) is 20.5. The van der Waals surface area contributed by atoms with E-state index in [0.717, 1.165) is 58.1 Å². The molecule has 186 valence electrons. The Balaban J connectivity index is 1.51. The number of oxazole rings is 1. The highest BCUT2D eigenvalue weighted by Crippen LogP contribution is 2.39. The smallest absolute Gasteiger partial charge is 0.307 e. The third-order valence-corrected chi connectivity index (χ3v) is 6.98. The lowest BCUT2D eigenvalue weighted by molar-refractivity contribution is -0.136. The minimum absolute atomic E-state index is 0.0913. The van der Waals surface area contributed by atoms with Crippen LogP contribution >= 0.6 is 0 Å². The molecule has 3 N–H and O–H groups in total. The number of hydrogen-bond donors (Lipinski definition) is 2. The maximum absolute atomic E-state index is 11.3. The Morgan fingerprint density at radius 1 is 1.14 bits per heavy atom. The first-order chi connectivity index (χ1) is 17.5. The van der Waals surface area contributed by atoms with Crippen LogP contribution in [0.4, 0.5) is 0 Å². The number of fused-ring (bicyclic) bond motifs is 1. The van der Waals surface area contributed by atoms with Crippen LogP contribution in [0.1, 0.15) is 61.2 Å². The van der Waals surface area contributed by atoms with Crippen molar-refractivity contribution in [1.29, 1.82) is 0 Å². The van der Waals surface area contributed by atoms with Gasteiger partial charge in [-0.15, -0.1) is 0 Å². The van der Waals surface area contributed by atoms with Crippen LogP contribution in [0.3, 0.4) is 0 Å². The molecule has 36 heavy (non-hydrogen) atoms. The van der Waals surface area contributed by atoms with Gasteiger partial charge < -0.3 is 20.0 Å². The Morgan fingerprint density at radius 2 is 1.94 bits per heavy atom. The fourth-order valence-corrected chi connectivity index (χ4v) is 4.96. The summed E-state index contributed by atoms with van der Waals surface area (Å²) in [5.74, 6) is 1.56. The molecule has 0 spiro atoms. The Morgan fingerprint density at radius 3 is 2.72 bits per heavy atom. The van der Waals surface area contributed by atoms with Gasteiger partial charge in [0.15, 0.2) is 11.5 Å². The van der Waals surface area contributed by atoms with Gasteiger partial charge in [0.05, 0.1) is 12.1 Å². The van der Waals surface area contributed by atoms with Gasteiger partial charge in [0.1, 0.15) is 17.9 Å². The van der Waals surface area contributed by atoms with Crippen molar-refractivity contribution in [3.05, 3.63) is 77.4 Å². The molecule has 5 rings (SSSR count). The lowest BCUT2D eigenvalue weighted by Crippen LogP contribution is -2.10. The SMILES string of the molecule is CC1CCC(c2nc3cc(COc4ccccc4CC(=O)O)cc(-c4ccnc(CN)c4)c3o2)CC1. The molecule has 0 saturated heterocycles. The highest BCUT2D eigenvalue weighted by Gasteiger charge is 2.25. The summed E-state index contributed by atoms with van der Waals surface area (Å²) in [6.45, 7) is 2.93. The van der Waals surface area contributed by atoms with Crippen molar-refractivity contribution in [1.82, 2.24) is 9.97 Å². The molecule has 7 nitrogen and oxygen atoms in total. The van der Waals surface area contributed by atoms with Gasteiger partial charge in [-0.1, -0.05) is 25.1 Å². The maximum Gasteiger partial charge on any atom is 0.307 e. The maximum atomic E-state index is 11.3. The van der Waals surface area contributed by atoms with Crippen molar-refractivity contribution in [2.24, 2.45) is 11.7 Å². The molecule has 4 aromatic rings. The van der Waals surface area contributed by atoms with E-state index in [-0.39, 0.29) is 13.0 Å². The van der Waals surface area contributed by atoms with Gasteiger partial charge in [-0.25, -0.2) is 4.98 Å². The van der Waals surface area contributed by atoms with Crippen LogP contribution in [0.2, 0.25) is 0 Å². The van der Waals surface area contributed by atoms with Gasteiger partial charge in [-0.3, -0.25) is 9.78 Å². The van der Waals surface area contributed by atoms with E-state index in [1.54, 1.807) is 18.3 Å². The van der Waals surface area contributed by atoms with Crippen molar-refractivity contribution in [3.63, 3.8) is 0 Å². The van der Waals surface area contributed by atoms with Crippen molar-refractivity contribution < 1.29 is 19.1 Å². The lowest BCUT2D eigenvalue weighted by atomic mass is 9.83. The van der Waals surface area contributed by atoms with Crippen LogP contribution in [-0.4, -0.2) is 21.0 Å². The summed E-state index contributed by atoms with van der Waals surface area (Å²) in [5.41, 5.74) is 11.6. The highest BCUT2D eigenvalue weighted by molar-refractivity contribution is 5.91. The Hall–Kier alpha value is -3.71. The number of nitrogens with two attached hydrogens (primary N) is 1. The van der Waals surface area contributed by atoms with Crippen molar-refractivity contribution in [3.8, 4) is 16.9 Å². The average molecular weight is 486 g/mol. The number of aromatic nitrogens is 2. The molecule has 0 amide bonds. The van der Waals surface area contributed by atoms with Crippen LogP contribution < -0.4 is 10.5 Å². The van der Waals surface area contributed by atoms with Crippen molar-refractivity contribution in [2.45, 2.75) is 58.1 Å². The fraction of sp³-hybridized carbons (Fsp3) is 0.345. The van der Waals surface area contributed by atoms with Crippen LogP contribution in [0, 0.1) is 5.92 Å². The Labute approximate surface area is 210 Å². The number of hydrogen-bond acceptors (Lipinski definition) is 6. The van der Waals surface area contributed by atoms with Gasteiger partial charge in [0.2, 0.25) is 0 Å². The highest BCUT2D eigenvalue weighted by atomic mass is 16.5. The summed E-state index contributed by atoms with van der Waals surface area (Å²) in [6, 6.07) is 15.2. The third kappa shape index (κ3) is 5.26. The third-order valence-electron chi connectivity index (χ3n) is 6.98. The van der Waals surface area contributed by atoms with E-state index in [9.17, 15) is 9.90 Å². The van der Waals surface area contributed by atoms with E-state index < -0.39 is 5.97 Å². The predicted octanol–water partition coefficient (Wildman–Crippen LogP) is 5.85. The molecular weight excluding hydrogens is 454 g/mol. The van der Waals surface area contributed by atoms with Crippen LogP contribution in [0.5, 0.6) is 5.75 Å². The van der Waals surface area contributed by atoms with Gasteiger partial charge in [0, 0.05) is 29.8 Å². The minimum atomic E-state index is -0.893. The quantitative estimate of drug-likeness (QED) is 0.322. The standard InChI is InChI=1S/C29H31N3O4/c1-18-6-8-20(9-7-18)29-32-25-13-19(17-35-26-5-3-2-4-22(26)15-27(33)34)12-24(28(25)36-29)21-10-11-31-23(14-21)16-30/h2-5,10-14,18,20H,6-9,15-17,30H2,1H3,(H,33,34). The molecule has 1 aliphatic carbocycles. The van der Waals surface area contributed by atoms with Gasteiger partial charge >= 0.3 is 5.97 Å². The molecule has 7 heteroatoms. The minimum Gasteiger partial charge on any atom is -0.489 e. The summed E-state index contributed by atoms with van der Waals surface area (Å²) >= 11 is 0. The second-order valence-electron chi connectivity index (χ2n) is 9.71. The van der Waals surface area contributed by atoms with E-state index in [4.69, 9.17) is 19.9 Å². The zero-order valence-corrected chi connectivity index (χ0v) is 20.4. The van der Waals surface area contributed by atoms with E-state index in [1.807, 2.05) is 30.3 Å². The second kappa shape index (κ2) is 10.5. The summed E-state index contributed by atoms with van der Waals surface area (Å²) in [7, 11) is 0. The number of ether oxygens (including phenoxy) is 1. The fourth-order valence-electron chi connectivity index (χ4n) is 4.96. The van der Waals surface area contributed by atoms with Crippen LogP contribution in [0.25, 0.3) is 22.2 Å². The average Bonchev–Trinajstić information content (AvgIpc) is 3.32. The molecule has 2 aromatic carbocycles. The van der Waals surface area contributed by atoms with Crippen LogP contribution in [-0.2, 0) is 24.4 Å². The molecular formula is C29H31N3O4. The first kappa shape index (κ1) is 24.0. The second-order valence-corrected chi connectivity index (χ2v) is 9.71. The van der Waals surface area contributed by atoms with Crippen molar-refractivity contribution >= 4 is 17.1 Å². The Bertz CT molecular complexity index is 1370. The largest absolute Gasteiger partial charge is 0.489 e. The van der Waals surface area contributed by atoms with Gasteiger partial charge in [-0.05, 0) is 73.1 Å².